The molecule has 0 saturated carbocycles. The Hall–Kier alpha value is -1.56. The zero-order valence-corrected chi connectivity index (χ0v) is 10.6. The maximum atomic E-state index is 11.6. The lowest BCUT2D eigenvalue weighted by atomic mass is 10.2. The van der Waals surface area contributed by atoms with Gasteiger partial charge in [0.25, 0.3) is 0 Å². The molecule has 1 aromatic rings. The number of hydrogen-bond donors (Lipinski definition) is 2. The Kier molecular flexibility index (Phi) is 4.58. The van der Waals surface area contributed by atoms with Crippen molar-refractivity contribution in [2.75, 3.05) is 13.2 Å². The van der Waals surface area contributed by atoms with Crippen LogP contribution in [0.5, 0.6) is 0 Å². The minimum absolute atomic E-state index is 0.0365. The van der Waals surface area contributed by atoms with Gasteiger partial charge in [0.1, 0.15) is 0 Å². The predicted octanol–water partition coefficient (Wildman–Crippen LogP) is 0.750. The second-order valence-corrected chi connectivity index (χ2v) is 4.62. The number of amides is 2. The van der Waals surface area contributed by atoms with Gasteiger partial charge in [-0.15, -0.1) is 0 Å². The van der Waals surface area contributed by atoms with Crippen LogP contribution in [0.3, 0.4) is 0 Å². The van der Waals surface area contributed by atoms with E-state index in [0.29, 0.717) is 13.1 Å². The average molecular weight is 252 g/mol. The van der Waals surface area contributed by atoms with E-state index in [1.807, 2.05) is 19.2 Å². The molecule has 6 heteroatoms. The number of rotatable bonds is 5. The zero-order chi connectivity index (χ0) is 12.8. The third kappa shape index (κ3) is 4.03. The summed E-state index contributed by atoms with van der Waals surface area (Å²) in [5.74, 6) is 0. The number of hydrogen-bond acceptors (Lipinski definition) is 3. The molecule has 0 aromatic carbocycles. The Balaban J connectivity index is 1.63. The first kappa shape index (κ1) is 12.9. The fraction of sp³-hybridized carbons (Fsp3) is 0.667. The first-order valence-electron chi connectivity index (χ1n) is 6.37. The van der Waals surface area contributed by atoms with E-state index in [0.717, 1.165) is 19.4 Å². The quantitative estimate of drug-likeness (QED) is 0.812. The second-order valence-electron chi connectivity index (χ2n) is 4.62. The van der Waals surface area contributed by atoms with Crippen molar-refractivity contribution in [2.24, 2.45) is 0 Å². The van der Waals surface area contributed by atoms with E-state index in [-0.39, 0.29) is 18.2 Å². The summed E-state index contributed by atoms with van der Waals surface area (Å²) in [7, 11) is 0. The van der Waals surface area contributed by atoms with Gasteiger partial charge in [-0.25, -0.2) is 4.79 Å². The highest BCUT2D eigenvalue weighted by Crippen LogP contribution is 2.10. The normalized spacial score (nSPS) is 20.6. The van der Waals surface area contributed by atoms with Gasteiger partial charge < -0.3 is 15.4 Å². The lowest BCUT2D eigenvalue weighted by Gasteiger charge is -2.16. The molecule has 1 aromatic heterocycles. The Morgan fingerprint density at radius 2 is 2.56 bits per heavy atom. The molecule has 2 unspecified atom stereocenters. The molecule has 100 valence electrons. The monoisotopic (exact) mass is 252 g/mol. The van der Waals surface area contributed by atoms with Crippen molar-refractivity contribution >= 4 is 6.03 Å². The summed E-state index contributed by atoms with van der Waals surface area (Å²) < 4.78 is 7.23. The van der Waals surface area contributed by atoms with Crippen molar-refractivity contribution in [1.29, 1.82) is 0 Å². The van der Waals surface area contributed by atoms with Gasteiger partial charge >= 0.3 is 6.03 Å². The minimum Gasteiger partial charge on any atom is -0.376 e. The van der Waals surface area contributed by atoms with Gasteiger partial charge in [0.15, 0.2) is 0 Å². The van der Waals surface area contributed by atoms with Crippen LogP contribution in [-0.2, 0) is 11.3 Å². The SMILES string of the molecule is CC(Cn1cccn1)NC(=O)NCC1CCCO1. The Labute approximate surface area is 107 Å². The van der Waals surface area contributed by atoms with Crippen molar-refractivity contribution in [3.63, 3.8) is 0 Å². The first-order chi connectivity index (χ1) is 8.74. The molecule has 0 spiro atoms. The summed E-state index contributed by atoms with van der Waals surface area (Å²) in [5.41, 5.74) is 0. The van der Waals surface area contributed by atoms with Crippen LogP contribution in [0.2, 0.25) is 0 Å². The molecule has 0 aliphatic carbocycles. The highest BCUT2D eigenvalue weighted by molar-refractivity contribution is 5.74. The second kappa shape index (κ2) is 6.39. The van der Waals surface area contributed by atoms with Crippen LogP contribution >= 0.6 is 0 Å². The first-order valence-corrected chi connectivity index (χ1v) is 6.37. The maximum absolute atomic E-state index is 11.6. The van der Waals surface area contributed by atoms with Gasteiger partial charge in [0.2, 0.25) is 0 Å². The van der Waals surface area contributed by atoms with Crippen LogP contribution in [0.4, 0.5) is 4.79 Å². The molecule has 2 atom stereocenters. The molecule has 2 amide bonds. The largest absolute Gasteiger partial charge is 0.376 e. The number of ether oxygens (including phenoxy) is 1. The van der Waals surface area contributed by atoms with Crippen LogP contribution in [0, 0.1) is 0 Å². The molecule has 1 aliphatic heterocycles. The summed E-state index contributed by atoms with van der Waals surface area (Å²) in [6.45, 7) is 4.01. The maximum Gasteiger partial charge on any atom is 0.315 e. The smallest absolute Gasteiger partial charge is 0.315 e. The molecular formula is C12H20N4O2. The van der Waals surface area contributed by atoms with Crippen molar-refractivity contribution in [1.82, 2.24) is 20.4 Å². The van der Waals surface area contributed by atoms with Crippen LogP contribution in [0.15, 0.2) is 18.5 Å². The number of nitrogens with one attached hydrogen (secondary N) is 2. The molecule has 0 bridgehead atoms. The van der Waals surface area contributed by atoms with Gasteiger partial charge in [0, 0.05) is 31.6 Å². The predicted molar refractivity (Wildman–Crippen MR) is 67.2 cm³/mol. The third-order valence-electron chi connectivity index (χ3n) is 2.91. The molecule has 18 heavy (non-hydrogen) atoms. The molecule has 0 radical (unpaired) electrons. The number of urea groups is 1. The van der Waals surface area contributed by atoms with Crippen LogP contribution < -0.4 is 10.6 Å². The topological polar surface area (TPSA) is 68.2 Å². The Morgan fingerprint density at radius 3 is 3.22 bits per heavy atom. The van der Waals surface area contributed by atoms with E-state index in [4.69, 9.17) is 4.74 Å². The molecule has 2 rings (SSSR count). The van der Waals surface area contributed by atoms with Crippen LogP contribution in [0.1, 0.15) is 19.8 Å². The van der Waals surface area contributed by atoms with Crippen LogP contribution in [0.25, 0.3) is 0 Å². The molecule has 2 heterocycles. The number of nitrogens with zero attached hydrogens (tertiary/aromatic N) is 2. The lowest BCUT2D eigenvalue weighted by Crippen LogP contribution is -2.44. The molecule has 1 fully saturated rings. The molecular weight excluding hydrogens is 232 g/mol. The van der Waals surface area contributed by atoms with E-state index in [1.165, 1.54) is 0 Å². The average Bonchev–Trinajstić information content (AvgIpc) is 2.98. The number of aromatic nitrogens is 2. The van der Waals surface area contributed by atoms with Crippen molar-refractivity contribution in [2.45, 2.75) is 38.5 Å². The van der Waals surface area contributed by atoms with Gasteiger partial charge in [-0.2, -0.15) is 5.10 Å². The van der Waals surface area contributed by atoms with Gasteiger partial charge in [-0.3, -0.25) is 4.68 Å². The number of carbonyl (C=O) groups excluding carboxylic acids is 1. The van der Waals surface area contributed by atoms with Crippen molar-refractivity contribution in [3.05, 3.63) is 18.5 Å². The number of carbonyl (C=O) groups is 1. The standard InChI is InChI=1S/C12H20N4O2/c1-10(9-16-6-3-5-14-16)15-12(17)13-8-11-4-2-7-18-11/h3,5-6,10-11H,2,4,7-9H2,1H3,(H2,13,15,17). The van der Waals surface area contributed by atoms with E-state index in [1.54, 1.807) is 10.9 Å². The molecule has 6 nitrogen and oxygen atoms in total. The van der Waals surface area contributed by atoms with Crippen molar-refractivity contribution < 1.29 is 9.53 Å². The third-order valence-corrected chi connectivity index (χ3v) is 2.91. The van der Waals surface area contributed by atoms with E-state index >= 15 is 0 Å². The summed E-state index contributed by atoms with van der Waals surface area (Å²) in [6, 6.07) is 1.75. The molecule has 1 aliphatic rings. The fourth-order valence-corrected chi connectivity index (χ4v) is 2.02. The summed E-state index contributed by atoms with van der Waals surface area (Å²) in [4.78, 5) is 11.6. The summed E-state index contributed by atoms with van der Waals surface area (Å²) in [6.07, 6.45) is 5.90. The fourth-order valence-electron chi connectivity index (χ4n) is 2.02. The van der Waals surface area contributed by atoms with E-state index < -0.39 is 0 Å². The van der Waals surface area contributed by atoms with Gasteiger partial charge in [0.05, 0.1) is 12.6 Å². The Morgan fingerprint density at radius 1 is 1.67 bits per heavy atom. The minimum atomic E-state index is -0.148. The summed E-state index contributed by atoms with van der Waals surface area (Å²) >= 11 is 0. The highest BCUT2D eigenvalue weighted by atomic mass is 16.5. The molecule has 1 saturated heterocycles. The molecule has 2 N–H and O–H groups in total. The van der Waals surface area contributed by atoms with E-state index in [2.05, 4.69) is 15.7 Å². The van der Waals surface area contributed by atoms with Gasteiger partial charge in [-0.1, -0.05) is 0 Å². The van der Waals surface area contributed by atoms with Crippen molar-refractivity contribution in [3.8, 4) is 0 Å². The van der Waals surface area contributed by atoms with Crippen LogP contribution in [-0.4, -0.2) is 41.1 Å². The summed E-state index contributed by atoms with van der Waals surface area (Å²) in [5, 5.41) is 9.80. The Bertz CT molecular complexity index is 360. The van der Waals surface area contributed by atoms with Gasteiger partial charge in [-0.05, 0) is 25.8 Å². The van der Waals surface area contributed by atoms with E-state index in [9.17, 15) is 4.79 Å². The lowest BCUT2D eigenvalue weighted by molar-refractivity contribution is 0.111. The highest BCUT2D eigenvalue weighted by Gasteiger charge is 2.16. The zero-order valence-electron chi connectivity index (χ0n) is 10.6.